The van der Waals surface area contributed by atoms with E-state index in [0.29, 0.717) is 18.4 Å². The van der Waals surface area contributed by atoms with Crippen molar-refractivity contribution in [1.29, 1.82) is 0 Å². The zero-order valence-electron chi connectivity index (χ0n) is 10.5. The van der Waals surface area contributed by atoms with Gasteiger partial charge in [-0.05, 0) is 37.8 Å². The molecule has 0 heterocycles. The van der Waals surface area contributed by atoms with E-state index in [4.69, 9.17) is 0 Å². The molecule has 0 rings (SSSR count). The molecule has 0 aliphatic rings. The van der Waals surface area contributed by atoms with Crippen molar-refractivity contribution in [2.45, 2.75) is 34.1 Å². The molecule has 0 aromatic carbocycles. The molecule has 0 spiro atoms. The maximum Gasteiger partial charge on any atom is 0.0473 e. The van der Waals surface area contributed by atoms with Gasteiger partial charge in [-0.15, -0.1) is 0 Å². The first-order valence-electron chi connectivity index (χ1n) is 5.76. The second-order valence-electron chi connectivity index (χ2n) is 5.13. The summed E-state index contributed by atoms with van der Waals surface area (Å²) < 4.78 is 0. The van der Waals surface area contributed by atoms with E-state index >= 15 is 0 Å². The molecule has 0 saturated heterocycles. The highest BCUT2D eigenvalue weighted by Gasteiger charge is 2.14. The van der Waals surface area contributed by atoms with Crippen molar-refractivity contribution in [3.63, 3.8) is 0 Å². The molecule has 0 amide bonds. The Kier molecular flexibility index (Phi) is 7.20. The Labute approximate surface area is 89.3 Å². The fourth-order valence-corrected chi connectivity index (χ4v) is 1.45. The Bertz CT molecular complexity index is 134. The number of nitrogens with zero attached hydrogens (tertiary/aromatic N) is 1. The fraction of sp³-hybridized carbons (Fsp3) is 1.00. The van der Waals surface area contributed by atoms with Crippen LogP contribution in [0.3, 0.4) is 0 Å². The molecule has 86 valence electrons. The summed E-state index contributed by atoms with van der Waals surface area (Å²) in [4.78, 5) is 2.33. The minimum absolute atomic E-state index is 0.309. The summed E-state index contributed by atoms with van der Waals surface area (Å²) in [5, 5.41) is 9.20. The van der Waals surface area contributed by atoms with Gasteiger partial charge in [-0.25, -0.2) is 0 Å². The number of aliphatic hydroxyl groups is 1. The molecule has 1 N–H and O–H groups in total. The van der Waals surface area contributed by atoms with Crippen molar-refractivity contribution in [1.82, 2.24) is 4.90 Å². The zero-order chi connectivity index (χ0) is 11.1. The van der Waals surface area contributed by atoms with Crippen molar-refractivity contribution in [2.24, 2.45) is 17.8 Å². The topological polar surface area (TPSA) is 23.5 Å². The average Bonchev–Trinajstić information content (AvgIpc) is 2.10. The summed E-state index contributed by atoms with van der Waals surface area (Å²) in [6, 6.07) is 0. The summed E-state index contributed by atoms with van der Waals surface area (Å²) in [5.74, 6) is 1.76. The van der Waals surface area contributed by atoms with E-state index in [1.54, 1.807) is 0 Å². The van der Waals surface area contributed by atoms with E-state index in [0.717, 1.165) is 19.0 Å². The smallest absolute Gasteiger partial charge is 0.0473 e. The van der Waals surface area contributed by atoms with E-state index in [-0.39, 0.29) is 0 Å². The summed E-state index contributed by atoms with van der Waals surface area (Å²) in [7, 11) is 2.15. The molecule has 1 unspecified atom stereocenters. The number of hydrogen-bond donors (Lipinski definition) is 1. The van der Waals surface area contributed by atoms with Crippen molar-refractivity contribution in [3.8, 4) is 0 Å². The van der Waals surface area contributed by atoms with E-state index in [9.17, 15) is 5.11 Å². The fourth-order valence-electron chi connectivity index (χ4n) is 1.45. The van der Waals surface area contributed by atoms with Gasteiger partial charge in [0.25, 0.3) is 0 Å². The van der Waals surface area contributed by atoms with Crippen molar-refractivity contribution in [3.05, 3.63) is 0 Å². The summed E-state index contributed by atoms with van der Waals surface area (Å²) in [6.07, 6.45) is 1.24. The SMILES string of the molecule is CC(C)CCN(C)CC(CO)C(C)C. The van der Waals surface area contributed by atoms with Gasteiger partial charge in [0.2, 0.25) is 0 Å². The Hall–Kier alpha value is -0.0800. The van der Waals surface area contributed by atoms with Crippen LogP contribution in [0.1, 0.15) is 34.1 Å². The van der Waals surface area contributed by atoms with Gasteiger partial charge in [0.1, 0.15) is 0 Å². The van der Waals surface area contributed by atoms with Gasteiger partial charge in [0, 0.05) is 13.2 Å². The third kappa shape index (κ3) is 6.39. The molecule has 0 aliphatic heterocycles. The van der Waals surface area contributed by atoms with Crippen molar-refractivity contribution in [2.75, 3.05) is 26.7 Å². The van der Waals surface area contributed by atoms with Crippen molar-refractivity contribution < 1.29 is 5.11 Å². The van der Waals surface area contributed by atoms with E-state index in [1.165, 1.54) is 6.42 Å². The second-order valence-corrected chi connectivity index (χ2v) is 5.13. The first-order chi connectivity index (χ1) is 6.47. The predicted octanol–water partition coefficient (Wildman–Crippen LogP) is 2.23. The summed E-state index contributed by atoms with van der Waals surface area (Å²) in [6.45, 7) is 11.3. The quantitative estimate of drug-likeness (QED) is 0.683. The maximum absolute atomic E-state index is 9.20. The molecule has 0 aromatic rings. The van der Waals surface area contributed by atoms with Crippen LogP contribution in [-0.4, -0.2) is 36.8 Å². The maximum atomic E-state index is 9.20. The lowest BCUT2D eigenvalue weighted by Crippen LogP contribution is -2.31. The third-order valence-corrected chi connectivity index (χ3v) is 2.81. The highest BCUT2D eigenvalue weighted by molar-refractivity contribution is 4.66. The number of aliphatic hydroxyl groups excluding tert-OH is 1. The lowest BCUT2D eigenvalue weighted by molar-refractivity contribution is 0.144. The van der Waals surface area contributed by atoms with Crippen LogP contribution in [0.5, 0.6) is 0 Å². The summed E-state index contributed by atoms with van der Waals surface area (Å²) in [5.41, 5.74) is 0. The Morgan fingerprint density at radius 3 is 2.07 bits per heavy atom. The van der Waals surface area contributed by atoms with Gasteiger partial charge >= 0.3 is 0 Å². The summed E-state index contributed by atoms with van der Waals surface area (Å²) >= 11 is 0. The van der Waals surface area contributed by atoms with Gasteiger partial charge in [-0.3, -0.25) is 0 Å². The molecule has 0 fully saturated rings. The predicted molar refractivity (Wildman–Crippen MR) is 62.4 cm³/mol. The zero-order valence-corrected chi connectivity index (χ0v) is 10.5. The molecular formula is C12H27NO. The van der Waals surface area contributed by atoms with Gasteiger partial charge in [-0.1, -0.05) is 27.7 Å². The molecule has 14 heavy (non-hydrogen) atoms. The molecule has 0 aromatic heterocycles. The third-order valence-electron chi connectivity index (χ3n) is 2.81. The van der Waals surface area contributed by atoms with Gasteiger partial charge < -0.3 is 10.0 Å². The molecule has 0 bridgehead atoms. The number of hydrogen-bond acceptors (Lipinski definition) is 2. The lowest BCUT2D eigenvalue weighted by Gasteiger charge is -2.25. The van der Waals surface area contributed by atoms with E-state index in [2.05, 4.69) is 39.6 Å². The van der Waals surface area contributed by atoms with Crippen LogP contribution in [-0.2, 0) is 0 Å². The van der Waals surface area contributed by atoms with E-state index in [1.807, 2.05) is 0 Å². The highest BCUT2D eigenvalue weighted by Crippen LogP contribution is 2.12. The van der Waals surface area contributed by atoms with Crippen LogP contribution in [0.4, 0.5) is 0 Å². The average molecular weight is 201 g/mol. The molecule has 0 radical (unpaired) electrons. The normalized spacial score (nSPS) is 14.4. The van der Waals surface area contributed by atoms with Gasteiger partial charge in [-0.2, -0.15) is 0 Å². The Balaban J connectivity index is 3.73. The van der Waals surface area contributed by atoms with Crippen molar-refractivity contribution >= 4 is 0 Å². The standard InChI is InChI=1S/C12H27NO/c1-10(2)6-7-13(5)8-12(9-14)11(3)4/h10-12,14H,6-9H2,1-5H3. The molecule has 0 aliphatic carbocycles. The largest absolute Gasteiger partial charge is 0.396 e. The van der Waals surface area contributed by atoms with Gasteiger partial charge in [0.15, 0.2) is 0 Å². The molecular weight excluding hydrogens is 174 g/mol. The molecule has 1 atom stereocenters. The van der Waals surface area contributed by atoms with Crippen LogP contribution in [0, 0.1) is 17.8 Å². The molecule has 2 heteroatoms. The van der Waals surface area contributed by atoms with Crippen LogP contribution in [0.2, 0.25) is 0 Å². The van der Waals surface area contributed by atoms with Crippen LogP contribution in [0.15, 0.2) is 0 Å². The highest BCUT2D eigenvalue weighted by atomic mass is 16.3. The second kappa shape index (κ2) is 7.24. The van der Waals surface area contributed by atoms with E-state index < -0.39 is 0 Å². The van der Waals surface area contributed by atoms with Crippen LogP contribution < -0.4 is 0 Å². The first kappa shape index (κ1) is 13.9. The molecule has 0 saturated carbocycles. The monoisotopic (exact) mass is 201 g/mol. The van der Waals surface area contributed by atoms with Crippen LogP contribution in [0.25, 0.3) is 0 Å². The minimum Gasteiger partial charge on any atom is -0.396 e. The Morgan fingerprint density at radius 1 is 1.14 bits per heavy atom. The minimum atomic E-state index is 0.309. The van der Waals surface area contributed by atoms with Crippen LogP contribution >= 0.6 is 0 Å². The Morgan fingerprint density at radius 2 is 1.71 bits per heavy atom. The lowest BCUT2D eigenvalue weighted by atomic mass is 9.96. The molecule has 2 nitrogen and oxygen atoms in total. The van der Waals surface area contributed by atoms with Gasteiger partial charge in [0.05, 0.1) is 0 Å². The number of rotatable bonds is 7. The first-order valence-corrected chi connectivity index (χ1v) is 5.76.